The highest BCUT2D eigenvalue weighted by Crippen LogP contribution is 2.58. The Morgan fingerprint density at radius 1 is 1.02 bits per heavy atom. The van der Waals surface area contributed by atoms with Crippen molar-refractivity contribution in [3.05, 3.63) is 94.5 Å². The molecule has 2 N–H and O–H groups in total. The molecule has 6 rings (SSSR count). The van der Waals surface area contributed by atoms with Gasteiger partial charge in [-0.1, -0.05) is 78.7 Å². The van der Waals surface area contributed by atoms with Gasteiger partial charge in [-0.25, -0.2) is 9.59 Å². The number of carbonyl (C=O) groups excluding carboxylic acids is 2. The van der Waals surface area contributed by atoms with Gasteiger partial charge in [-0.05, 0) is 43.9 Å². The number of halogens is 1. The molecule has 5 atom stereocenters. The van der Waals surface area contributed by atoms with E-state index in [0.717, 1.165) is 36.0 Å². The minimum absolute atomic E-state index is 0.0215. The molecule has 208 valence electrons. The van der Waals surface area contributed by atoms with E-state index >= 15 is 0 Å². The molecule has 1 spiro atoms. The number of hydrogen-bond acceptors (Lipinski definition) is 5. The molecule has 2 amide bonds. The van der Waals surface area contributed by atoms with E-state index in [0.29, 0.717) is 16.5 Å². The summed E-state index contributed by atoms with van der Waals surface area (Å²) in [6.45, 7) is 3.30. The van der Waals surface area contributed by atoms with Crippen LogP contribution in [0.4, 0.5) is 4.79 Å². The lowest BCUT2D eigenvalue weighted by molar-refractivity contribution is -0.149. The first-order valence-corrected chi connectivity index (χ1v) is 14.3. The molecule has 2 heterocycles. The zero-order valence-corrected chi connectivity index (χ0v) is 23.3. The Morgan fingerprint density at radius 2 is 1.70 bits per heavy atom. The number of ether oxygens (including phenoxy) is 3. The Labute approximate surface area is 239 Å². The summed E-state index contributed by atoms with van der Waals surface area (Å²) in [5, 5.41) is 6.83. The smallest absolute Gasteiger partial charge is 0.344 e. The van der Waals surface area contributed by atoms with Gasteiger partial charge >= 0.3 is 12.0 Å². The van der Waals surface area contributed by atoms with Crippen molar-refractivity contribution in [2.45, 2.75) is 56.9 Å². The summed E-state index contributed by atoms with van der Waals surface area (Å²) in [7, 11) is 0. The maximum Gasteiger partial charge on any atom is 0.344 e. The highest BCUT2D eigenvalue weighted by molar-refractivity contribution is 6.32. The van der Waals surface area contributed by atoms with Gasteiger partial charge in [-0.15, -0.1) is 0 Å². The van der Waals surface area contributed by atoms with Crippen molar-refractivity contribution < 1.29 is 23.8 Å². The van der Waals surface area contributed by atoms with Crippen molar-refractivity contribution in [1.82, 2.24) is 10.6 Å². The van der Waals surface area contributed by atoms with E-state index in [4.69, 9.17) is 25.8 Å². The Hall–Kier alpha value is -3.71. The quantitative estimate of drug-likeness (QED) is 0.343. The van der Waals surface area contributed by atoms with Gasteiger partial charge in [0.15, 0.2) is 12.3 Å². The monoisotopic (exact) mass is 560 g/mol. The lowest BCUT2D eigenvalue weighted by Gasteiger charge is -2.58. The number of esters is 1. The normalized spacial score (nSPS) is 26.8. The molecule has 2 aliphatic heterocycles. The van der Waals surface area contributed by atoms with Gasteiger partial charge in [-0.2, -0.15) is 0 Å². The molecule has 0 aromatic heterocycles. The van der Waals surface area contributed by atoms with E-state index in [1.807, 2.05) is 42.5 Å². The molecule has 1 saturated carbocycles. The first-order valence-electron chi connectivity index (χ1n) is 13.9. The van der Waals surface area contributed by atoms with Crippen LogP contribution in [0.5, 0.6) is 11.5 Å². The standard InChI is InChI=1S/C32H33ClN2O5/c1-19(2)39-28(36)18-38-27-17-26-22(16-25(27)33)29(20-10-5-3-6-11-20)23-14-9-15-24-30(21-12-7-4-8-13-21)34-31(37)35-32(23,24)40-26/h3-8,10-13,16-17,19,23-24,29-30H,9,14-15,18H2,1-2H3,(H2,34,35,37)/t23-,24+,29+,30-,32-/m1/s1. The Bertz CT molecular complexity index is 1400. The predicted molar refractivity (Wildman–Crippen MR) is 152 cm³/mol. The summed E-state index contributed by atoms with van der Waals surface area (Å²) in [6.07, 6.45) is 2.53. The van der Waals surface area contributed by atoms with Crippen molar-refractivity contribution in [3.63, 3.8) is 0 Å². The van der Waals surface area contributed by atoms with Crippen LogP contribution in [0.2, 0.25) is 5.02 Å². The molecule has 3 aromatic rings. The second-order valence-electron chi connectivity index (χ2n) is 11.1. The second kappa shape index (κ2) is 10.7. The topological polar surface area (TPSA) is 85.9 Å². The van der Waals surface area contributed by atoms with Crippen LogP contribution in [-0.2, 0) is 9.53 Å². The fraction of sp³-hybridized carbons (Fsp3) is 0.375. The maximum absolute atomic E-state index is 13.3. The van der Waals surface area contributed by atoms with E-state index in [9.17, 15) is 9.59 Å². The number of urea groups is 1. The highest BCUT2D eigenvalue weighted by Gasteiger charge is 2.61. The van der Waals surface area contributed by atoms with Crippen molar-refractivity contribution >= 4 is 23.6 Å². The van der Waals surface area contributed by atoms with Crippen LogP contribution < -0.4 is 20.1 Å². The van der Waals surface area contributed by atoms with Crippen molar-refractivity contribution in [3.8, 4) is 11.5 Å². The number of nitrogens with one attached hydrogen (secondary N) is 2. The molecule has 8 heteroatoms. The molecule has 1 saturated heterocycles. The van der Waals surface area contributed by atoms with Gasteiger partial charge in [0.25, 0.3) is 0 Å². The maximum atomic E-state index is 13.3. The zero-order chi connectivity index (χ0) is 27.9. The highest BCUT2D eigenvalue weighted by atomic mass is 35.5. The van der Waals surface area contributed by atoms with Crippen molar-refractivity contribution in [2.75, 3.05) is 6.61 Å². The molecule has 3 aromatic carbocycles. The molecule has 3 aliphatic rings. The molecule has 2 fully saturated rings. The van der Waals surface area contributed by atoms with E-state index in [2.05, 4.69) is 34.9 Å². The van der Waals surface area contributed by atoms with Gasteiger partial charge in [0.05, 0.1) is 17.2 Å². The van der Waals surface area contributed by atoms with Gasteiger partial charge in [0.1, 0.15) is 11.5 Å². The molecular weight excluding hydrogens is 528 g/mol. The molecule has 0 bridgehead atoms. The molecule has 0 radical (unpaired) electrons. The average Bonchev–Trinajstić information content (AvgIpc) is 2.94. The minimum atomic E-state index is -0.948. The number of carbonyl (C=O) groups is 2. The van der Waals surface area contributed by atoms with E-state index < -0.39 is 11.7 Å². The first-order chi connectivity index (χ1) is 19.4. The minimum Gasteiger partial charge on any atom is -0.480 e. The third-order valence-corrected chi connectivity index (χ3v) is 8.54. The van der Waals surface area contributed by atoms with Crippen LogP contribution in [0.1, 0.15) is 61.8 Å². The fourth-order valence-electron chi connectivity index (χ4n) is 6.78. The average molecular weight is 561 g/mol. The molecule has 7 nitrogen and oxygen atoms in total. The van der Waals surface area contributed by atoms with Gasteiger partial charge in [0.2, 0.25) is 0 Å². The fourth-order valence-corrected chi connectivity index (χ4v) is 7.01. The van der Waals surface area contributed by atoms with Crippen molar-refractivity contribution in [1.29, 1.82) is 0 Å². The molecular formula is C32H33ClN2O5. The molecule has 1 aliphatic carbocycles. The summed E-state index contributed by atoms with van der Waals surface area (Å²) in [5.41, 5.74) is 2.17. The summed E-state index contributed by atoms with van der Waals surface area (Å²) in [5.74, 6) is 0.320. The number of fused-ring (bicyclic) bond motifs is 1. The van der Waals surface area contributed by atoms with E-state index in [-0.39, 0.29) is 42.5 Å². The summed E-state index contributed by atoms with van der Waals surface area (Å²) in [6, 6.07) is 23.6. The number of hydrogen-bond donors (Lipinski definition) is 2. The van der Waals surface area contributed by atoms with Gasteiger partial charge in [-0.3, -0.25) is 5.32 Å². The van der Waals surface area contributed by atoms with Gasteiger partial charge in [0, 0.05) is 29.4 Å². The zero-order valence-electron chi connectivity index (χ0n) is 22.6. The molecule has 0 unspecified atom stereocenters. The second-order valence-corrected chi connectivity index (χ2v) is 11.5. The van der Waals surface area contributed by atoms with Crippen LogP contribution in [-0.4, -0.2) is 30.4 Å². The third-order valence-electron chi connectivity index (χ3n) is 8.24. The lowest BCUT2D eigenvalue weighted by atomic mass is 9.60. The summed E-state index contributed by atoms with van der Waals surface area (Å²) in [4.78, 5) is 25.5. The Kier molecular flexibility index (Phi) is 7.09. The largest absolute Gasteiger partial charge is 0.480 e. The van der Waals surface area contributed by atoms with E-state index in [1.165, 1.54) is 0 Å². The Morgan fingerprint density at radius 3 is 2.40 bits per heavy atom. The van der Waals surface area contributed by atoms with Crippen LogP contribution in [0.25, 0.3) is 0 Å². The van der Waals surface area contributed by atoms with Crippen LogP contribution in [0.15, 0.2) is 72.8 Å². The van der Waals surface area contributed by atoms with Crippen LogP contribution in [0, 0.1) is 11.8 Å². The Balaban J connectivity index is 1.45. The summed E-state index contributed by atoms with van der Waals surface area (Å²) < 4.78 is 18.0. The predicted octanol–water partition coefficient (Wildman–Crippen LogP) is 6.36. The third kappa shape index (κ3) is 4.77. The first kappa shape index (κ1) is 26.5. The van der Waals surface area contributed by atoms with Gasteiger partial charge < -0.3 is 19.5 Å². The van der Waals surface area contributed by atoms with Crippen LogP contribution in [0.3, 0.4) is 0 Å². The number of benzene rings is 3. The van der Waals surface area contributed by atoms with Crippen molar-refractivity contribution in [2.24, 2.45) is 11.8 Å². The van der Waals surface area contributed by atoms with Crippen LogP contribution >= 0.6 is 11.6 Å². The molecule has 40 heavy (non-hydrogen) atoms. The SMILES string of the molecule is CC(C)OC(=O)COc1cc2c(cc1Cl)[C@H](c1ccccc1)[C@H]1CCC[C@H]3[C@@H](c4ccccc4)NC(=O)N[C@@]13O2. The lowest BCUT2D eigenvalue weighted by Crippen LogP contribution is -2.73. The summed E-state index contributed by atoms with van der Waals surface area (Å²) >= 11 is 6.73. The number of rotatable bonds is 6. The van der Waals surface area contributed by atoms with E-state index in [1.54, 1.807) is 19.9 Å². The number of amides is 2.